The smallest absolute Gasteiger partial charge is 0.343 e. The third-order valence-electron chi connectivity index (χ3n) is 4.83. The molecule has 0 aliphatic heterocycles. The molecule has 0 radical (unpaired) electrons. The fourth-order valence-corrected chi connectivity index (χ4v) is 2.92. The van der Waals surface area contributed by atoms with Crippen molar-refractivity contribution in [2.75, 3.05) is 14.2 Å². The first kappa shape index (κ1) is 25.7. The van der Waals surface area contributed by atoms with E-state index in [1.54, 1.807) is 36.4 Å². The van der Waals surface area contributed by atoms with E-state index in [0.717, 1.165) is 0 Å². The summed E-state index contributed by atoms with van der Waals surface area (Å²) in [5.74, 6) is 0.466. The normalized spacial score (nSPS) is 11.4. The van der Waals surface area contributed by atoms with Gasteiger partial charge in [0.05, 0.1) is 30.9 Å². The second-order valence-electron chi connectivity index (χ2n) is 7.27. The lowest BCUT2D eigenvalue weighted by atomic mass is 10.2. The average molecular weight is 493 g/mol. The number of rotatable bonds is 10. The molecule has 0 fully saturated rings. The Hall–Kier alpha value is -4.93. The minimum atomic E-state index is -0.887. The molecule has 11 heteroatoms. The fourth-order valence-electron chi connectivity index (χ4n) is 2.92. The van der Waals surface area contributed by atoms with Crippen LogP contribution in [0.2, 0.25) is 0 Å². The summed E-state index contributed by atoms with van der Waals surface area (Å²) in [5.41, 5.74) is 3.22. The van der Waals surface area contributed by atoms with Gasteiger partial charge in [0.1, 0.15) is 11.5 Å². The number of amides is 1. The number of carbonyl (C=O) groups is 2. The molecule has 0 aliphatic carbocycles. The minimum Gasteiger partial charge on any atom is -0.493 e. The Kier molecular flexibility index (Phi) is 8.54. The van der Waals surface area contributed by atoms with Gasteiger partial charge in [-0.15, -0.1) is 0 Å². The Morgan fingerprint density at radius 2 is 1.58 bits per heavy atom. The van der Waals surface area contributed by atoms with Gasteiger partial charge in [-0.1, -0.05) is 0 Å². The third kappa shape index (κ3) is 6.79. The molecular formula is C25H23N3O8. The van der Waals surface area contributed by atoms with Crippen LogP contribution in [0.5, 0.6) is 23.0 Å². The molecular weight excluding hydrogens is 470 g/mol. The lowest BCUT2D eigenvalue weighted by Crippen LogP contribution is -2.33. The molecule has 0 bridgehead atoms. The lowest BCUT2D eigenvalue weighted by molar-refractivity contribution is -0.384. The number of carbonyl (C=O) groups excluding carboxylic acids is 2. The van der Waals surface area contributed by atoms with Gasteiger partial charge < -0.3 is 18.9 Å². The Morgan fingerprint density at radius 1 is 0.944 bits per heavy atom. The molecule has 3 aromatic carbocycles. The lowest BCUT2D eigenvalue weighted by Gasteiger charge is -2.12. The van der Waals surface area contributed by atoms with Gasteiger partial charge in [0, 0.05) is 12.1 Å². The maximum Gasteiger partial charge on any atom is 0.343 e. The van der Waals surface area contributed by atoms with Crippen molar-refractivity contribution in [2.45, 2.75) is 13.0 Å². The number of nitrogens with zero attached hydrogens (tertiary/aromatic N) is 2. The second kappa shape index (κ2) is 12.0. The molecule has 3 rings (SSSR count). The number of hydrazone groups is 1. The van der Waals surface area contributed by atoms with Crippen molar-refractivity contribution in [1.82, 2.24) is 5.43 Å². The molecule has 186 valence electrons. The van der Waals surface area contributed by atoms with E-state index in [4.69, 9.17) is 18.9 Å². The van der Waals surface area contributed by atoms with Gasteiger partial charge in [0.15, 0.2) is 17.6 Å². The van der Waals surface area contributed by atoms with Gasteiger partial charge in [0.25, 0.3) is 11.6 Å². The molecule has 0 unspecified atom stereocenters. The van der Waals surface area contributed by atoms with Crippen LogP contribution in [0.15, 0.2) is 71.8 Å². The zero-order valence-electron chi connectivity index (χ0n) is 19.7. The number of benzene rings is 3. The number of ether oxygens (including phenoxy) is 4. The van der Waals surface area contributed by atoms with Crippen LogP contribution in [0.4, 0.5) is 5.69 Å². The molecule has 36 heavy (non-hydrogen) atoms. The molecule has 1 amide bonds. The number of hydrogen-bond acceptors (Lipinski definition) is 9. The highest BCUT2D eigenvalue weighted by Crippen LogP contribution is 2.28. The minimum absolute atomic E-state index is 0.0780. The zero-order valence-corrected chi connectivity index (χ0v) is 19.7. The number of nitro groups is 1. The van der Waals surface area contributed by atoms with Crippen molar-refractivity contribution in [1.29, 1.82) is 0 Å². The zero-order chi connectivity index (χ0) is 26.1. The summed E-state index contributed by atoms with van der Waals surface area (Å²) in [6.07, 6.45) is 0.526. The summed E-state index contributed by atoms with van der Waals surface area (Å²) in [7, 11) is 2.98. The van der Waals surface area contributed by atoms with E-state index in [-0.39, 0.29) is 5.69 Å². The predicted molar refractivity (Wildman–Crippen MR) is 130 cm³/mol. The molecule has 0 heterocycles. The van der Waals surface area contributed by atoms with Crippen molar-refractivity contribution in [3.63, 3.8) is 0 Å². The van der Waals surface area contributed by atoms with E-state index < -0.39 is 22.9 Å². The maximum atomic E-state index is 12.4. The van der Waals surface area contributed by atoms with Crippen molar-refractivity contribution < 1.29 is 33.5 Å². The van der Waals surface area contributed by atoms with E-state index in [2.05, 4.69) is 10.5 Å². The van der Waals surface area contributed by atoms with E-state index >= 15 is 0 Å². The van der Waals surface area contributed by atoms with Crippen LogP contribution >= 0.6 is 0 Å². The highest BCUT2D eigenvalue weighted by molar-refractivity contribution is 5.92. The fraction of sp³-hybridized carbons (Fsp3) is 0.160. The van der Waals surface area contributed by atoms with Crippen LogP contribution in [0, 0.1) is 10.1 Å². The Balaban J connectivity index is 1.51. The molecule has 3 aromatic rings. The number of nitro benzene ring substituents is 1. The monoisotopic (exact) mass is 493 g/mol. The quantitative estimate of drug-likeness (QED) is 0.148. The molecule has 0 spiro atoms. The van der Waals surface area contributed by atoms with E-state index in [0.29, 0.717) is 34.1 Å². The summed E-state index contributed by atoms with van der Waals surface area (Å²) >= 11 is 0. The highest BCUT2D eigenvalue weighted by Gasteiger charge is 2.15. The Labute approximate surface area is 206 Å². The number of nitrogens with one attached hydrogen (secondary N) is 1. The predicted octanol–water partition coefficient (Wildman–Crippen LogP) is 3.75. The number of non-ortho nitro benzene ring substituents is 1. The molecule has 1 atom stereocenters. The van der Waals surface area contributed by atoms with Gasteiger partial charge in [-0.2, -0.15) is 5.10 Å². The third-order valence-corrected chi connectivity index (χ3v) is 4.83. The van der Waals surface area contributed by atoms with Crippen LogP contribution in [0.3, 0.4) is 0 Å². The summed E-state index contributed by atoms with van der Waals surface area (Å²) in [6, 6.07) is 16.6. The number of methoxy groups -OCH3 is 2. The van der Waals surface area contributed by atoms with Gasteiger partial charge >= 0.3 is 5.97 Å². The topological polar surface area (TPSA) is 139 Å². The van der Waals surface area contributed by atoms with Gasteiger partial charge in [-0.25, -0.2) is 10.2 Å². The molecule has 0 saturated heterocycles. The van der Waals surface area contributed by atoms with Crippen LogP contribution in [-0.4, -0.2) is 43.3 Å². The first-order valence-corrected chi connectivity index (χ1v) is 10.6. The van der Waals surface area contributed by atoms with Gasteiger partial charge in [0.2, 0.25) is 0 Å². The number of hydrogen-bond donors (Lipinski definition) is 1. The number of esters is 1. The van der Waals surface area contributed by atoms with Crippen LogP contribution in [0.1, 0.15) is 22.8 Å². The van der Waals surface area contributed by atoms with Crippen LogP contribution in [0.25, 0.3) is 0 Å². The van der Waals surface area contributed by atoms with Crippen molar-refractivity contribution in [3.05, 3.63) is 88.0 Å². The van der Waals surface area contributed by atoms with E-state index in [9.17, 15) is 19.7 Å². The summed E-state index contributed by atoms with van der Waals surface area (Å²) < 4.78 is 21.2. The van der Waals surface area contributed by atoms with Crippen LogP contribution in [-0.2, 0) is 4.79 Å². The summed E-state index contributed by atoms with van der Waals surface area (Å²) in [6.45, 7) is 1.52. The SMILES string of the molecule is COc1ccc(C(=O)Oc2ccc(/C=N\NC(=O)[C@@H](C)Oc3ccc([N+](=O)[O-])cc3)cc2)cc1OC. The molecule has 0 saturated carbocycles. The maximum absolute atomic E-state index is 12.4. The largest absolute Gasteiger partial charge is 0.493 e. The summed E-state index contributed by atoms with van der Waals surface area (Å²) in [4.78, 5) is 34.8. The van der Waals surface area contributed by atoms with E-state index in [1.165, 1.54) is 57.7 Å². The summed E-state index contributed by atoms with van der Waals surface area (Å²) in [5, 5.41) is 14.6. The van der Waals surface area contributed by atoms with Crippen molar-refractivity contribution in [2.24, 2.45) is 5.10 Å². The standard InChI is InChI=1S/C25H23N3O8/c1-16(35-20-11-7-19(8-12-20)28(31)32)24(29)27-26-15-17-4-9-21(10-5-17)36-25(30)18-6-13-22(33-2)23(14-18)34-3/h4-16H,1-3H3,(H,27,29)/b26-15-/t16-/m1/s1. The second-order valence-corrected chi connectivity index (χ2v) is 7.27. The van der Waals surface area contributed by atoms with Gasteiger partial charge in [-0.05, 0) is 67.1 Å². The average Bonchev–Trinajstić information content (AvgIpc) is 2.89. The Morgan fingerprint density at radius 3 is 2.19 bits per heavy atom. The molecule has 0 aliphatic rings. The first-order chi connectivity index (χ1) is 17.3. The van der Waals surface area contributed by atoms with Crippen LogP contribution < -0.4 is 24.4 Å². The van der Waals surface area contributed by atoms with Gasteiger partial charge in [-0.3, -0.25) is 14.9 Å². The highest BCUT2D eigenvalue weighted by atomic mass is 16.6. The molecule has 1 N–H and O–H groups in total. The molecule has 0 aromatic heterocycles. The van der Waals surface area contributed by atoms with E-state index in [1.807, 2.05) is 0 Å². The van der Waals surface area contributed by atoms with Crippen molar-refractivity contribution in [3.8, 4) is 23.0 Å². The van der Waals surface area contributed by atoms with Crippen molar-refractivity contribution >= 4 is 23.8 Å². The molecule has 11 nitrogen and oxygen atoms in total. The Bertz CT molecular complexity index is 1260. The first-order valence-electron chi connectivity index (χ1n) is 10.6.